The summed E-state index contributed by atoms with van der Waals surface area (Å²) in [6.45, 7) is 0.510. The summed E-state index contributed by atoms with van der Waals surface area (Å²) in [5, 5.41) is 3.12. The number of para-hydroxylation sites is 1. The number of benzene rings is 1. The maximum absolute atomic E-state index is 12.4. The van der Waals surface area contributed by atoms with E-state index in [2.05, 4.69) is 5.32 Å². The molecular weight excluding hydrogens is 264 g/mol. The molecule has 1 heterocycles. The number of rotatable bonds is 4. The Morgan fingerprint density at radius 3 is 2.76 bits per heavy atom. The van der Waals surface area contributed by atoms with Crippen molar-refractivity contribution in [1.29, 1.82) is 0 Å². The molecule has 2 aliphatic rings. The molecule has 1 aliphatic carbocycles. The highest BCUT2D eigenvalue weighted by Crippen LogP contribution is 2.29. The lowest BCUT2D eigenvalue weighted by atomic mass is 9.84. The number of carbonyl (C=O) groups is 1. The maximum atomic E-state index is 12.4. The summed E-state index contributed by atoms with van der Waals surface area (Å²) < 4.78 is 5.75. The van der Waals surface area contributed by atoms with Gasteiger partial charge in [0.2, 0.25) is 0 Å². The number of hydrogen-bond donors (Lipinski definition) is 2. The molecule has 1 aliphatic heterocycles. The molecule has 1 saturated carbocycles. The molecule has 3 N–H and O–H groups in total. The van der Waals surface area contributed by atoms with Crippen molar-refractivity contribution >= 4 is 5.91 Å². The van der Waals surface area contributed by atoms with Crippen molar-refractivity contribution < 1.29 is 9.53 Å². The number of nitrogens with one attached hydrogen (secondary N) is 1. The van der Waals surface area contributed by atoms with E-state index in [-0.39, 0.29) is 11.9 Å². The average Bonchev–Trinajstić information content (AvgIpc) is 2.97. The Morgan fingerprint density at radius 2 is 2.05 bits per heavy atom. The zero-order valence-corrected chi connectivity index (χ0v) is 12.4. The third-order valence-corrected chi connectivity index (χ3v) is 4.74. The van der Waals surface area contributed by atoms with Gasteiger partial charge in [0, 0.05) is 19.0 Å². The predicted molar refractivity (Wildman–Crippen MR) is 82.1 cm³/mol. The lowest BCUT2D eigenvalue weighted by Crippen LogP contribution is -2.50. The van der Waals surface area contributed by atoms with Crippen LogP contribution in [0.15, 0.2) is 24.3 Å². The Morgan fingerprint density at radius 1 is 1.29 bits per heavy atom. The van der Waals surface area contributed by atoms with Crippen LogP contribution in [-0.4, -0.2) is 24.6 Å². The van der Waals surface area contributed by atoms with Gasteiger partial charge in [0.05, 0.1) is 0 Å². The fraction of sp³-hybridized carbons (Fsp3) is 0.588. The van der Waals surface area contributed by atoms with Crippen LogP contribution < -0.4 is 15.8 Å². The standard InChI is InChI=1S/C17H24N2O2/c18-11-14(12-6-2-1-3-7-12)19-17(20)16-10-13-8-4-5-9-15(13)21-16/h4-5,8-9,12,14,16H,1-3,6-7,10-11,18H2,(H,19,20). The van der Waals surface area contributed by atoms with E-state index in [1.807, 2.05) is 24.3 Å². The van der Waals surface area contributed by atoms with E-state index in [1.165, 1.54) is 32.1 Å². The number of hydrogen-bond acceptors (Lipinski definition) is 3. The second-order valence-electron chi connectivity index (χ2n) is 6.17. The highest BCUT2D eigenvalue weighted by molar-refractivity contribution is 5.82. The third kappa shape index (κ3) is 3.21. The van der Waals surface area contributed by atoms with Crippen LogP contribution in [0.25, 0.3) is 0 Å². The zero-order valence-electron chi connectivity index (χ0n) is 12.4. The van der Waals surface area contributed by atoms with Gasteiger partial charge in [-0.3, -0.25) is 4.79 Å². The second-order valence-corrected chi connectivity index (χ2v) is 6.17. The molecule has 114 valence electrons. The smallest absolute Gasteiger partial charge is 0.261 e. The molecule has 2 unspecified atom stereocenters. The van der Waals surface area contributed by atoms with Crippen molar-refractivity contribution in [2.24, 2.45) is 11.7 Å². The van der Waals surface area contributed by atoms with Gasteiger partial charge < -0.3 is 15.8 Å². The van der Waals surface area contributed by atoms with Crippen LogP contribution >= 0.6 is 0 Å². The molecule has 0 aromatic heterocycles. The van der Waals surface area contributed by atoms with Crippen LogP contribution in [0.4, 0.5) is 0 Å². The Bertz CT molecular complexity index is 472. The van der Waals surface area contributed by atoms with E-state index in [0.717, 1.165) is 11.3 Å². The Hall–Kier alpha value is -1.55. The first kappa shape index (κ1) is 14.4. The van der Waals surface area contributed by atoms with E-state index in [4.69, 9.17) is 10.5 Å². The van der Waals surface area contributed by atoms with Gasteiger partial charge in [-0.1, -0.05) is 37.5 Å². The molecule has 3 rings (SSSR count). The van der Waals surface area contributed by atoms with Crippen molar-refractivity contribution in [3.63, 3.8) is 0 Å². The van der Waals surface area contributed by atoms with Crippen LogP contribution in [0.3, 0.4) is 0 Å². The normalized spacial score (nSPS) is 23.2. The molecule has 0 radical (unpaired) electrons. The molecule has 4 heteroatoms. The monoisotopic (exact) mass is 288 g/mol. The van der Waals surface area contributed by atoms with Crippen LogP contribution in [0.2, 0.25) is 0 Å². The number of fused-ring (bicyclic) bond motifs is 1. The van der Waals surface area contributed by atoms with E-state index in [9.17, 15) is 4.79 Å². The summed E-state index contributed by atoms with van der Waals surface area (Å²) in [5.41, 5.74) is 6.99. The minimum Gasteiger partial charge on any atom is -0.480 e. The Balaban J connectivity index is 1.58. The summed E-state index contributed by atoms with van der Waals surface area (Å²) in [4.78, 5) is 12.4. The first-order chi connectivity index (χ1) is 10.3. The van der Waals surface area contributed by atoms with Crippen LogP contribution in [0.1, 0.15) is 37.7 Å². The molecule has 1 aromatic rings. The summed E-state index contributed by atoms with van der Waals surface area (Å²) in [5.74, 6) is 1.34. The fourth-order valence-corrected chi connectivity index (χ4v) is 3.51. The van der Waals surface area contributed by atoms with Crippen molar-refractivity contribution in [1.82, 2.24) is 5.32 Å². The lowest BCUT2D eigenvalue weighted by molar-refractivity contribution is -0.128. The molecule has 21 heavy (non-hydrogen) atoms. The van der Waals surface area contributed by atoms with E-state index in [1.54, 1.807) is 0 Å². The average molecular weight is 288 g/mol. The number of ether oxygens (including phenoxy) is 1. The topological polar surface area (TPSA) is 64.3 Å². The second kappa shape index (κ2) is 6.48. The maximum Gasteiger partial charge on any atom is 0.261 e. The highest BCUT2D eigenvalue weighted by Gasteiger charge is 2.32. The van der Waals surface area contributed by atoms with Crippen LogP contribution in [0.5, 0.6) is 5.75 Å². The van der Waals surface area contributed by atoms with Crippen molar-refractivity contribution in [2.75, 3.05) is 6.54 Å². The van der Waals surface area contributed by atoms with Gasteiger partial charge in [-0.2, -0.15) is 0 Å². The van der Waals surface area contributed by atoms with Gasteiger partial charge in [-0.15, -0.1) is 0 Å². The minimum atomic E-state index is -0.403. The molecule has 1 aromatic carbocycles. The minimum absolute atomic E-state index is 0.0211. The SMILES string of the molecule is NCC(NC(=O)C1Cc2ccccc2O1)C1CCCCC1. The summed E-state index contributed by atoms with van der Waals surface area (Å²) in [6, 6.07) is 7.94. The van der Waals surface area contributed by atoms with Gasteiger partial charge in [-0.05, 0) is 30.4 Å². The molecule has 2 atom stereocenters. The van der Waals surface area contributed by atoms with Crippen LogP contribution in [-0.2, 0) is 11.2 Å². The van der Waals surface area contributed by atoms with Gasteiger partial charge in [0.25, 0.3) is 5.91 Å². The largest absolute Gasteiger partial charge is 0.480 e. The van der Waals surface area contributed by atoms with Crippen molar-refractivity contribution in [2.45, 2.75) is 50.7 Å². The molecule has 1 fully saturated rings. The van der Waals surface area contributed by atoms with E-state index >= 15 is 0 Å². The summed E-state index contributed by atoms with van der Waals surface area (Å²) in [7, 11) is 0. The lowest BCUT2D eigenvalue weighted by Gasteiger charge is -2.30. The van der Waals surface area contributed by atoms with E-state index < -0.39 is 6.10 Å². The predicted octanol–water partition coefficient (Wildman–Crippen LogP) is 2.01. The van der Waals surface area contributed by atoms with E-state index in [0.29, 0.717) is 18.9 Å². The van der Waals surface area contributed by atoms with Gasteiger partial charge >= 0.3 is 0 Å². The van der Waals surface area contributed by atoms with Crippen molar-refractivity contribution in [3.8, 4) is 5.75 Å². The van der Waals surface area contributed by atoms with Crippen molar-refractivity contribution in [3.05, 3.63) is 29.8 Å². The Labute approximate surface area is 126 Å². The number of amides is 1. The van der Waals surface area contributed by atoms with Gasteiger partial charge in [0.1, 0.15) is 5.75 Å². The summed E-state index contributed by atoms with van der Waals surface area (Å²) in [6.07, 6.45) is 6.42. The molecule has 0 saturated heterocycles. The molecule has 0 bridgehead atoms. The zero-order chi connectivity index (χ0) is 14.7. The summed E-state index contributed by atoms with van der Waals surface area (Å²) >= 11 is 0. The molecular formula is C17H24N2O2. The number of carbonyl (C=O) groups excluding carboxylic acids is 1. The molecule has 1 amide bonds. The number of nitrogens with two attached hydrogens (primary N) is 1. The quantitative estimate of drug-likeness (QED) is 0.891. The van der Waals surface area contributed by atoms with Crippen LogP contribution in [0, 0.1) is 5.92 Å². The fourth-order valence-electron chi connectivity index (χ4n) is 3.51. The van der Waals surface area contributed by atoms with Gasteiger partial charge in [-0.25, -0.2) is 0 Å². The first-order valence-electron chi connectivity index (χ1n) is 8.03. The highest BCUT2D eigenvalue weighted by atomic mass is 16.5. The third-order valence-electron chi connectivity index (χ3n) is 4.74. The van der Waals surface area contributed by atoms with Gasteiger partial charge in [0.15, 0.2) is 6.10 Å². The Kier molecular flexibility index (Phi) is 4.44. The molecule has 0 spiro atoms. The first-order valence-corrected chi connectivity index (χ1v) is 8.03. The molecule has 4 nitrogen and oxygen atoms in total.